The highest BCUT2D eigenvalue weighted by molar-refractivity contribution is 5.97. The van der Waals surface area contributed by atoms with Crippen molar-refractivity contribution in [2.45, 2.75) is 45.6 Å². The summed E-state index contributed by atoms with van der Waals surface area (Å²) in [5.41, 5.74) is 3.02. The van der Waals surface area contributed by atoms with E-state index in [1.54, 1.807) is 24.5 Å². The van der Waals surface area contributed by atoms with Gasteiger partial charge in [0.05, 0.1) is 6.04 Å². The largest absolute Gasteiger partial charge is 0.354 e. The van der Waals surface area contributed by atoms with Crippen molar-refractivity contribution in [3.05, 3.63) is 65.5 Å². The van der Waals surface area contributed by atoms with E-state index >= 15 is 0 Å². The van der Waals surface area contributed by atoms with Crippen LogP contribution in [0.5, 0.6) is 0 Å². The third kappa shape index (κ3) is 6.23. The first-order chi connectivity index (χ1) is 14.0. The molecule has 1 saturated heterocycles. The lowest BCUT2D eigenvalue weighted by Crippen LogP contribution is -2.42. The minimum Gasteiger partial charge on any atom is -0.354 e. The molecule has 3 rings (SSSR count). The minimum atomic E-state index is -0.0790. The van der Waals surface area contributed by atoms with E-state index in [2.05, 4.69) is 53.3 Å². The second-order valence-electron chi connectivity index (χ2n) is 8.11. The molecule has 1 fully saturated rings. The molecule has 1 unspecified atom stereocenters. The number of ketones is 1. The summed E-state index contributed by atoms with van der Waals surface area (Å²) in [6.07, 6.45) is 5.96. The predicted octanol–water partition coefficient (Wildman–Crippen LogP) is 3.94. The maximum atomic E-state index is 12.4. The first kappa shape index (κ1) is 21.2. The Labute approximate surface area is 173 Å². The SMILES string of the molecule is Cc1ccc(C(CNC(=O)CCC(=O)c2cccnc2)N2CCC(C)CC2)cc1. The Balaban J connectivity index is 1.56. The number of hydrogen-bond donors (Lipinski definition) is 1. The molecule has 2 aromatic rings. The summed E-state index contributed by atoms with van der Waals surface area (Å²) in [5.74, 6) is 0.635. The number of nitrogens with zero attached hydrogens (tertiary/aromatic N) is 2. The van der Waals surface area contributed by atoms with Crippen LogP contribution in [-0.2, 0) is 4.79 Å². The number of aryl methyl sites for hydroxylation is 1. The number of Topliss-reactive ketones (excluding diaryl/α,β-unsaturated/α-hetero) is 1. The molecular weight excluding hydrogens is 362 g/mol. The summed E-state index contributed by atoms with van der Waals surface area (Å²) in [4.78, 5) is 31.0. The van der Waals surface area contributed by atoms with Crippen LogP contribution < -0.4 is 5.32 Å². The molecule has 0 bridgehead atoms. The zero-order valence-electron chi connectivity index (χ0n) is 17.4. The lowest BCUT2D eigenvalue weighted by atomic mass is 9.95. The molecule has 154 valence electrons. The Morgan fingerprint density at radius 3 is 2.52 bits per heavy atom. The van der Waals surface area contributed by atoms with Crippen molar-refractivity contribution in [3.8, 4) is 0 Å². The van der Waals surface area contributed by atoms with Gasteiger partial charge in [0.1, 0.15) is 0 Å². The Hall–Kier alpha value is -2.53. The fraction of sp³-hybridized carbons (Fsp3) is 0.458. The van der Waals surface area contributed by atoms with Gasteiger partial charge in [-0.2, -0.15) is 0 Å². The molecule has 1 aliphatic heterocycles. The van der Waals surface area contributed by atoms with Crippen molar-refractivity contribution in [2.75, 3.05) is 19.6 Å². The fourth-order valence-electron chi connectivity index (χ4n) is 3.78. The monoisotopic (exact) mass is 393 g/mol. The zero-order valence-corrected chi connectivity index (χ0v) is 17.4. The fourth-order valence-corrected chi connectivity index (χ4v) is 3.78. The van der Waals surface area contributed by atoms with Gasteiger partial charge in [0.25, 0.3) is 0 Å². The van der Waals surface area contributed by atoms with Crippen molar-refractivity contribution < 1.29 is 9.59 Å². The smallest absolute Gasteiger partial charge is 0.220 e. The zero-order chi connectivity index (χ0) is 20.6. The summed E-state index contributed by atoms with van der Waals surface area (Å²) in [5, 5.41) is 3.06. The van der Waals surface area contributed by atoms with Crippen LogP contribution in [0.3, 0.4) is 0 Å². The highest BCUT2D eigenvalue weighted by atomic mass is 16.2. The number of carbonyl (C=O) groups excluding carboxylic acids is 2. The molecule has 1 aromatic carbocycles. The summed E-state index contributed by atoms with van der Waals surface area (Å²) < 4.78 is 0. The highest BCUT2D eigenvalue weighted by Crippen LogP contribution is 2.26. The first-order valence-corrected chi connectivity index (χ1v) is 10.5. The van der Waals surface area contributed by atoms with E-state index in [9.17, 15) is 9.59 Å². The van der Waals surface area contributed by atoms with Crippen LogP contribution in [0.2, 0.25) is 0 Å². The van der Waals surface area contributed by atoms with Gasteiger partial charge in [-0.3, -0.25) is 19.5 Å². The van der Waals surface area contributed by atoms with Gasteiger partial charge in [-0.1, -0.05) is 36.8 Å². The lowest BCUT2D eigenvalue weighted by Gasteiger charge is -2.37. The molecule has 0 spiro atoms. The molecule has 1 atom stereocenters. The van der Waals surface area contributed by atoms with E-state index < -0.39 is 0 Å². The maximum absolute atomic E-state index is 12.4. The molecule has 1 amide bonds. The van der Waals surface area contributed by atoms with Crippen LogP contribution >= 0.6 is 0 Å². The van der Waals surface area contributed by atoms with E-state index in [4.69, 9.17) is 0 Å². The van der Waals surface area contributed by atoms with Crippen LogP contribution in [0.25, 0.3) is 0 Å². The Kier molecular flexibility index (Phi) is 7.53. The van der Waals surface area contributed by atoms with E-state index in [1.807, 2.05) is 0 Å². The number of piperidine rings is 1. The molecule has 1 aliphatic rings. The summed E-state index contributed by atoms with van der Waals surface area (Å²) >= 11 is 0. The summed E-state index contributed by atoms with van der Waals surface area (Å²) in [6, 6.07) is 12.2. The first-order valence-electron chi connectivity index (χ1n) is 10.5. The number of amides is 1. The molecule has 5 heteroatoms. The molecule has 0 saturated carbocycles. The van der Waals surface area contributed by atoms with Gasteiger partial charge in [0.15, 0.2) is 5.78 Å². The van der Waals surface area contributed by atoms with Crippen LogP contribution in [0.4, 0.5) is 0 Å². The normalized spacial score (nSPS) is 16.3. The quantitative estimate of drug-likeness (QED) is 0.690. The number of hydrogen-bond acceptors (Lipinski definition) is 4. The molecule has 0 aliphatic carbocycles. The molecule has 29 heavy (non-hydrogen) atoms. The van der Waals surface area contributed by atoms with Gasteiger partial charge in [0.2, 0.25) is 5.91 Å². The number of nitrogens with one attached hydrogen (secondary N) is 1. The number of rotatable bonds is 8. The van der Waals surface area contributed by atoms with Gasteiger partial charge < -0.3 is 5.32 Å². The standard InChI is InChI=1S/C24H31N3O2/c1-18-5-7-20(8-6-18)22(27-14-11-19(2)12-15-27)17-26-24(29)10-9-23(28)21-4-3-13-25-16-21/h3-8,13,16,19,22H,9-12,14-15,17H2,1-2H3,(H,26,29). The second kappa shape index (κ2) is 10.3. The topological polar surface area (TPSA) is 62.3 Å². The average Bonchev–Trinajstić information content (AvgIpc) is 2.75. The number of pyridine rings is 1. The Bertz CT molecular complexity index is 797. The number of likely N-dealkylation sites (tertiary alicyclic amines) is 1. The molecular formula is C24H31N3O2. The van der Waals surface area contributed by atoms with Crippen LogP contribution in [-0.4, -0.2) is 41.2 Å². The Morgan fingerprint density at radius 1 is 1.14 bits per heavy atom. The lowest BCUT2D eigenvalue weighted by molar-refractivity contribution is -0.121. The van der Waals surface area contributed by atoms with E-state index in [0.29, 0.717) is 12.1 Å². The Morgan fingerprint density at radius 2 is 1.86 bits per heavy atom. The van der Waals surface area contributed by atoms with Crippen molar-refractivity contribution >= 4 is 11.7 Å². The van der Waals surface area contributed by atoms with Crippen LogP contribution in [0.1, 0.15) is 60.1 Å². The predicted molar refractivity (Wildman–Crippen MR) is 115 cm³/mol. The highest BCUT2D eigenvalue weighted by Gasteiger charge is 2.25. The number of benzene rings is 1. The van der Waals surface area contributed by atoms with Gasteiger partial charge in [0, 0.05) is 37.3 Å². The molecule has 2 heterocycles. The number of carbonyl (C=O) groups is 2. The average molecular weight is 394 g/mol. The second-order valence-corrected chi connectivity index (χ2v) is 8.11. The van der Waals surface area contributed by atoms with Crippen LogP contribution in [0, 0.1) is 12.8 Å². The third-order valence-electron chi connectivity index (χ3n) is 5.78. The molecule has 5 nitrogen and oxygen atoms in total. The van der Waals surface area contributed by atoms with E-state index in [1.165, 1.54) is 24.0 Å². The summed E-state index contributed by atoms with van der Waals surface area (Å²) in [7, 11) is 0. The molecule has 1 N–H and O–H groups in total. The minimum absolute atomic E-state index is 0.0478. The van der Waals surface area contributed by atoms with Crippen LogP contribution in [0.15, 0.2) is 48.8 Å². The maximum Gasteiger partial charge on any atom is 0.220 e. The van der Waals surface area contributed by atoms with Gasteiger partial charge in [-0.25, -0.2) is 0 Å². The van der Waals surface area contributed by atoms with Crippen molar-refractivity contribution in [1.29, 1.82) is 0 Å². The van der Waals surface area contributed by atoms with Gasteiger partial charge in [-0.15, -0.1) is 0 Å². The van der Waals surface area contributed by atoms with Crippen molar-refractivity contribution in [3.63, 3.8) is 0 Å². The molecule has 0 radical (unpaired) electrons. The van der Waals surface area contributed by atoms with Crippen molar-refractivity contribution in [2.24, 2.45) is 5.92 Å². The number of aromatic nitrogens is 1. The van der Waals surface area contributed by atoms with E-state index in [-0.39, 0.29) is 30.6 Å². The van der Waals surface area contributed by atoms with Gasteiger partial charge >= 0.3 is 0 Å². The van der Waals surface area contributed by atoms with Gasteiger partial charge in [-0.05, 0) is 56.5 Å². The molecule has 1 aromatic heterocycles. The summed E-state index contributed by atoms with van der Waals surface area (Å²) in [6.45, 7) is 7.06. The van der Waals surface area contributed by atoms with E-state index in [0.717, 1.165) is 19.0 Å². The van der Waals surface area contributed by atoms with Crippen molar-refractivity contribution in [1.82, 2.24) is 15.2 Å². The third-order valence-corrected chi connectivity index (χ3v) is 5.78.